The summed E-state index contributed by atoms with van der Waals surface area (Å²) >= 11 is 0. The van der Waals surface area contributed by atoms with Crippen LogP contribution in [0, 0.1) is 11.6 Å². The van der Waals surface area contributed by atoms with Crippen LogP contribution in [0.5, 0.6) is 0 Å². The summed E-state index contributed by atoms with van der Waals surface area (Å²) in [6, 6.07) is 4.73. The highest BCUT2D eigenvalue weighted by atomic mass is 19.2. The van der Waals surface area contributed by atoms with Gasteiger partial charge in [0.2, 0.25) is 0 Å². The molecule has 1 saturated heterocycles. The third-order valence-electron chi connectivity index (χ3n) is 5.12. The number of benzene rings is 1. The Morgan fingerprint density at radius 2 is 2.00 bits per heavy atom. The minimum Gasteiger partial charge on any atom is -0.310 e. The number of nitrogens with one attached hydrogen (secondary N) is 1. The van der Waals surface area contributed by atoms with E-state index in [1.165, 1.54) is 37.8 Å². The molecule has 1 aliphatic heterocycles. The average molecular weight is 294 g/mol. The van der Waals surface area contributed by atoms with Crippen LogP contribution in [0.25, 0.3) is 0 Å². The van der Waals surface area contributed by atoms with Gasteiger partial charge in [-0.05, 0) is 50.4 Å². The van der Waals surface area contributed by atoms with Crippen molar-refractivity contribution in [3.8, 4) is 0 Å². The summed E-state index contributed by atoms with van der Waals surface area (Å²) in [6.45, 7) is 4.99. The van der Waals surface area contributed by atoms with Gasteiger partial charge in [0.25, 0.3) is 0 Å². The SMILES string of the molecule is CC1CCNC2(CCCC2)CN1Cc1ccc(F)c(F)c1. The Labute approximate surface area is 125 Å². The largest absolute Gasteiger partial charge is 0.310 e. The van der Waals surface area contributed by atoms with E-state index in [1.807, 2.05) is 0 Å². The van der Waals surface area contributed by atoms with Gasteiger partial charge in [-0.25, -0.2) is 8.78 Å². The van der Waals surface area contributed by atoms with Gasteiger partial charge in [0, 0.05) is 24.7 Å². The van der Waals surface area contributed by atoms with Crippen molar-refractivity contribution in [2.24, 2.45) is 0 Å². The van der Waals surface area contributed by atoms with Gasteiger partial charge in [-0.3, -0.25) is 4.90 Å². The molecule has 0 radical (unpaired) electrons. The number of hydrogen-bond donors (Lipinski definition) is 1. The van der Waals surface area contributed by atoms with Crippen molar-refractivity contribution in [2.45, 2.75) is 57.2 Å². The second-order valence-corrected chi connectivity index (χ2v) is 6.71. The van der Waals surface area contributed by atoms with Crippen molar-refractivity contribution >= 4 is 0 Å². The molecule has 0 aromatic heterocycles. The zero-order valence-electron chi connectivity index (χ0n) is 12.7. The van der Waals surface area contributed by atoms with Crippen molar-refractivity contribution in [2.75, 3.05) is 13.1 Å². The van der Waals surface area contributed by atoms with Gasteiger partial charge < -0.3 is 5.32 Å². The molecule has 1 unspecified atom stereocenters. The summed E-state index contributed by atoms with van der Waals surface area (Å²) in [6.07, 6.45) is 6.15. The number of hydrogen-bond acceptors (Lipinski definition) is 2. The van der Waals surface area contributed by atoms with E-state index in [0.29, 0.717) is 12.6 Å². The fraction of sp³-hybridized carbons (Fsp3) is 0.647. The highest BCUT2D eigenvalue weighted by Gasteiger charge is 2.37. The van der Waals surface area contributed by atoms with Gasteiger partial charge in [-0.2, -0.15) is 0 Å². The third-order valence-corrected chi connectivity index (χ3v) is 5.12. The molecule has 4 heteroatoms. The van der Waals surface area contributed by atoms with Gasteiger partial charge in [-0.15, -0.1) is 0 Å². The second kappa shape index (κ2) is 6.01. The Bertz CT molecular complexity index is 498. The topological polar surface area (TPSA) is 15.3 Å². The Morgan fingerprint density at radius 3 is 2.71 bits per heavy atom. The Morgan fingerprint density at radius 1 is 1.24 bits per heavy atom. The molecule has 0 bridgehead atoms. The lowest BCUT2D eigenvalue weighted by atomic mass is 9.96. The molecular weight excluding hydrogens is 270 g/mol. The highest BCUT2D eigenvalue weighted by molar-refractivity contribution is 5.18. The molecule has 1 N–H and O–H groups in total. The maximum Gasteiger partial charge on any atom is 0.159 e. The maximum absolute atomic E-state index is 13.4. The van der Waals surface area contributed by atoms with E-state index in [4.69, 9.17) is 0 Å². The van der Waals surface area contributed by atoms with Crippen molar-refractivity contribution in [1.29, 1.82) is 0 Å². The van der Waals surface area contributed by atoms with E-state index in [1.54, 1.807) is 6.07 Å². The Balaban J connectivity index is 1.76. The lowest BCUT2D eigenvalue weighted by Crippen LogP contribution is -2.49. The highest BCUT2D eigenvalue weighted by Crippen LogP contribution is 2.33. The van der Waals surface area contributed by atoms with E-state index in [2.05, 4.69) is 17.1 Å². The predicted octanol–water partition coefficient (Wildman–Crippen LogP) is 3.46. The molecule has 1 saturated carbocycles. The number of halogens is 2. The van der Waals surface area contributed by atoms with Crippen LogP contribution in [-0.4, -0.2) is 29.6 Å². The molecule has 3 rings (SSSR count). The normalized spacial score (nSPS) is 26.1. The van der Waals surface area contributed by atoms with E-state index in [9.17, 15) is 8.78 Å². The lowest BCUT2D eigenvalue weighted by Gasteiger charge is -2.35. The standard InChI is InChI=1S/C17H24F2N2/c1-13-6-9-20-17(7-2-3-8-17)12-21(13)11-14-4-5-15(18)16(19)10-14/h4-5,10,13,20H,2-3,6-9,11-12H2,1H3. The number of rotatable bonds is 2. The molecule has 1 aliphatic carbocycles. The van der Waals surface area contributed by atoms with Crippen LogP contribution >= 0.6 is 0 Å². The average Bonchev–Trinajstić information content (AvgIpc) is 2.84. The van der Waals surface area contributed by atoms with Gasteiger partial charge in [0.15, 0.2) is 11.6 Å². The summed E-state index contributed by atoms with van der Waals surface area (Å²) in [5.41, 5.74) is 1.10. The molecule has 2 nitrogen and oxygen atoms in total. The van der Waals surface area contributed by atoms with Crippen molar-refractivity contribution < 1.29 is 8.78 Å². The van der Waals surface area contributed by atoms with Gasteiger partial charge in [0.1, 0.15) is 0 Å². The first-order valence-electron chi connectivity index (χ1n) is 8.01. The molecule has 1 atom stereocenters. The number of nitrogens with zero attached hydrogens (tertiary/aromatic N) is 1. The van der Waals surface area contributed by atoms with Gasteiger partial charge >= 0.3 is 0 Å². The van der Waals surface area contributed by atoms with Crippen LogP contribution in [0.1, 0.15) is 44.6 Å². The quantitative estimate of drug-likeness (QED) is 0.898. The summed E-state index contributed by atoms with van der Waals surface area (Å²) in [4.78, 5) is 2.43. The van der Waals surface area contributed by atoms with Crippen LogP contribution in [0.15, 0.2) is 18.2 Å². The van der Waals surface area contributed by atoms with Gasteiger partial charge in [0.05, 0.1) is 0 Å². The van der Waals surface area contributed by atoms with Crippen molar-refractivity contribution in [3.63, 3.8) is 0 Å². The lowest BCUT2D eigenvalue weighted by molar-refractivity contribution is 0.160. The van der Waals surface area contributed by atoms with Crippen LogP contribution < -0.4 is 5.32 Å². The Hall–Kier alpha value is -1.00. The molecule has 2 aliphatic rings. The van der Waals surface area contributed by atoms with E-state index in [0.717, 1.165) is 25.1 Å². The molecule has 1 aromatic rings. The van der Waals surface area contributed by atoms with Crippen LogP contribution in [-0.2, 0) is 6.54 Å². The zero-order valence-corrected chi connectivity index (χ0v) is 12.7. The predicted molar refractivity (Wildman–Crippen MR) is 80.0 cm³/mol. The van der Waals surface area contributed by atoms with E-state index >= 15 is 0 Å². The molecule has 1 spiro atoms. The Kier molecular flexibility index (Phi) is 4.27. The van der Waals surface area contributed by atoms with Crippen LogP contribution in [0.2, 0.25) is 0 Å². The fourth-order valence-electron chi connectivity index (χ4n) is 3.80. The molecule has 0 amide bonds. The van der Waals surface area contributed by atoms with Crippen molar-refractivity contribution in [1.82, 2.24) is 10.2 Å². The maximum atomic E-state index is 13.4. The minimum atomic E-state index is -0.767. The minimum absolute atomic E-state index is 0.239. The smallest absolute Gasteiger partial charge is 0.159 e. The molecular formula is C17H24F2N2. The summed E-state index contributed by atoms with van der Waals surface area (Å²) in [7, 11) is 0. The summed E-state index contributed by atoms with van der Waals surface area (Å²) < 4.78 is 26.5. The first-order valence-corrected chi connectivity index (χ1v) is 8.01. The van der Waals surface area contributed by atoms with Crippen molar-refractivity contribution in [3.05, 3.63) is 35.4 Å². The molecule has 1 aromatic carbocycles. The van der Waals surface area contributed by atoms with E-state index < -0.39 is 11.6 Å². The monoisotopic (exact) mass is 294 g/mol. The third kappa shape index (κ3) is 3.27. The molecule has 2 fully saturated rings. The summed E-state index contributed by atoms with van der Waals surface area (Å²) in [5.74, 6) is -1.51. The molecule has 116 valence electrons. The van der Waals surface area contributed by atoms with Crippen LogP contribution in [0.3, 0.4) is 0 Å². The second-order valence-electron chi connectivity index (χ2n) is 6.71. The van der Waals surface area contributed by atoms with Crippen LogP contribution in [0.4, 0.5) is 8.78 Å². The van der Waals surface area contributed by atoms with Gasteiger partial charge in [-0.1, -0.05) is 18.9 Å². The first-order chi connectivity index (χ1) is 10.1. The van der Waals surface area contributed by atoms with E-state index in [-0.39, 0.29) is 5.54 Å². The fourth-order valence-corrected chi connectivity index (χ4v) is 3.80. The molecule has 21 heavy (non-hydrogen) atoms. The molecule has 1 heterocycles. The summed E-state index contributed by atoms with van der Waals surface area (Å²) in [5, 5.41) is 3.75. The zero-order chi connectivity index (χ0) is 14.9. The first kappa shape index (κ1) is 14.9.